The minimum absolute atomic E-state index is 0.126. The SMILES string of the molecule is CCCN(CCC)c1ccc2cc(/C(C)=C(\C#N)S(=O)(=O)NCCOCC)ccc2c1. The summed E-state index contributed by atoms with van der Waals surface area (Å²) in [5.74, 6) is 0. The number of hydrogen-bond donors (Lipinski definition) is 1. The van der Waals surface area contributed by atoms with Crippen LogP contribution >= 0.6 is 0 Å². The van der Waals surface area contributed by atoms with Gasteiger partial charge in [0.25, 0.3) is 10.0 Å². The summed E-state index contributed by atoms with van der Waals surface area (Å²) in [6.45, 7) is 10.8. The summed E-state index contributed by atoms with van der Waals surface area (Å²) >= 11 is 0. The summed E-state index contributed by atoms with van der Waals surface area (Å²) in [5.41, 5.74) is 2.33. The molecule has 0 atom stereocenters. The van der Waals surface area contributed by atoms with Crippen LogP contribution in [0.4, 0.5) is 5.69 Å². The van der Waals surface area contributed by atoms with Crippen LogP contribution in [0.5, 0.6) is 0 Å². The Labute approximate surface area is 186 Å². The van der Waals surface area contributed by atoms with E-state index in [0.29, 0.717) is 17.7 Å². The van der Waals surface area contributed by atoms with Crippen LogP contribution in [0, 0.1) is 11.3 Å². The van der Waals surface area contributed by atoms with E-state index in [4.69, 9.17) is 4.74 Å². The van der Waals surface area contributed by atoms with Crippen molar-refractivity contribution in [1.29, 1.82) is 5.26 Å². The molecule has 0 spiro atoms. The molecule has 31 heavy (non-hydrogen) atoms. The molecule has 0 amide bonds. The fourth-order valence-corrected chi connectivity index (χ4v) is 4.65. The van der Waals surface area contributed by atoms with Crippen LogP contribution < -0.4 is 9.62 Å². The fourth-order valence-electron chi connectivity index (χ4n) is 3.51. The molecular formula is C24H33N3O3S. The van der Waals surface area contributed by atoms with Gasteiger partial charge in [0.1, 0.15) is 6.07 Å². The summed E-state index contributed by atoms with van der Waals surface area (Å²) in [5, 5.41) is 11.6. The molecule has 0 saturated carbocycles. The highest BCUT2D eigenvalue weighted by atomic mass is 32.2. The second-order valence-electron chi connectivity index (χ2n) is 7.39. The largest absolute Gasteiger partial charge is 0.380 e. The summed E-state index contributed by atoms with van der Waals surface area (Å²) in [4.78, 5) is 2.12. The topological polar surface area (TPSA) is 82.4 Å². The van der Waals surface area contributed by atoms with Crippen molar-refractivity contribution in [3.8, 4) is 6.07 Å². The van der Waals surface area contributed by atoms with Crippen molar-refractivity contribution in [3.63, 3.8) is 0 Å². The Kier molecular flexibility index (Phi) is 9.50. The predicted octanol–water partition coefficient (Wildman–Crippen LogP) is 4.68. The van der Waals surface area contributed by atoms with Gasteiger partial charge in [-0.1, -0.05) is 32.0 Å². The molecule has 2 aromatic carbocycles. The molecule has 0 saturated heterocycles. The Hall–Kier alpha value is -2.40. The van der Waals surface area contributed by atoms with Gasteiger partial charge in [-0.05, 0) is 66.8 Å². The van der Waals surface area contributed by atoms with Gasteiger partial charge in [0.05, 0.1) is 6.61 Å². The lowest BCUT2D eigenvalue weighted by molar-refractivity contribution is 0.153. The van der Waals surface area contributed by atoms with E-state index < -0.39 is 10.0 Å². The molecule has 0 fully saturated rings. The molecule has 1 N–H and O–H groups in total. The highest BCUT2D eigenvalue weighted by Crippen LogP contribution is 2.28. The van der Waals surface area contributed by atoms with E-state index in [1.807, 2.05) is 31.2 Å². The molecule has 168 valence electrons. The maximum absolute atomic E-state index is 12.6. The normalized spacial score (nSPS) is 12.5. The predicted molar refractivity (Wildman–Crippen MR) is 128 cm³/mol. The first kappa shape index (κ1) is 24.9. The van der Waals surface area contributed by atoms with Crippen LogP contribution in [-0.4, -0.2) is 41.3 Å². The number of hydrogen-bond acceptors (Lipinski definition) is 5. The highest BCUT2D eigenvalue weighted by Gasteiger charge is 2.21. The van der Waals surface area contributed by atoms with Gasteiger partial charge in [-0.15, -0.1) is 0 Å². The van der Waals surface area contributed by atoms with Crippen molar-refractivity contribution in [3.05, 3.63) is 46.9 Å². The molecule has 0 aromatic heterocycles. The third kappa shape index (κ3) is 6.54. The Bertz CT molecular complexity index is 1050. The van der Waals surface area contributed by atoms with E-state index in [2.05, 4.69) is 41.7 Å². The van der Waals surface area contributed by atoms with Crippen molar-refractivity contribution in [2.24, 2.45) is 0 Å². The molecule has 0 bridgehead atoms. The number of allylic oxidation sites excluding steroid dienone is 2. The summed E-state index contributed by atoms with van der Waals surface area (Å²) in [6.07, 6.45) is 2.18. The Balaban J connectivity index is 2.36. The van der Waals surface area contributed by atoms with Gasteiger partial charge in [0, 0.05) is 31.9 Å². The van der Waals surface area contributed by atoms with Crippen LogP contribution in [0.3, 0.4) is 0 Å². The Morgan fingerprint density at radius 3 is 2.32 bits per heavy atom. The second kappa shape index (κ2) is 11.8. The zero-order valence-corrected chi connectivity index (χ0v) is 19.8. The van der Waals surface area contributed by atoms with E-state index in [9.17, 15) is 13.7 Å². The first-order chi connectivity index (χ1) is 14.9. The van der Waals surface area contributed by atoms with Crippen LogP contribution in [0.1, 0.15) is 46.1 Å². The molecule has 7 heteroatoms. The van der Waals surface area contributed by atoms with E-state index >= 15 is 0 Å². The molecule has 0 aliphatic rings. The Morgan fingerprint density at radius 2 is 1.71 bits per heavy atom. The van der Waals surface area contributed by atoms with Gasteiger partial charge in [-0.2, -0.15) is 5.26 Å². The number of nitrogens with zero attached hydrogens (tertiary/aromatic N) is 2. The lowest BCUT2D eigenvalue weighted by atomic mass is 10.0. The minimum atomic E-state index is -3.90. The third-order valence-corrected chi connectivity index (χ3v) is 6.58. The standard InChI is InChI=1S/C24H33N3O3S/c1-5-13-27(14-6-2)23-11-10-21-16-20(8-9-22(21)17-23)19(4)24(18-25)31(28,29)26-12-15-30-7-3/h8-11,16-17,26H,5-7,12-15H2,1-4H3/b24-19+. The molecule has 2 aromatic rings. The van der Waals surface area contributed by atoms with Crippen molar-refractivity contribution in [2.45, 2.75) is 40.5 Å². The van der Waals surface area contributed by atoms with Gasteiger partial charge in [-0.3, -0.25) is 0 Å². The number of rotatable bonds is 12. The molecule has 0 heterocycles. The molecule has 0 unspecified atom stereocenters. The highest BCUT2D eigenvalue weighted by molar-refractivity contribution is 7.93. The Morgan fingerprint density at radius 1 is 1.06 bits per heavy atom. The smallest absolute Gasteiger partial charge is 0.251 e. The number of anilines is 1. The number of ether oxygens (including phenoxy) is 1. The zero-order chi connectivity index (χ0) is 22.9. The average Bonchev–Trinajstić information content (AvgIpc) is 2.76. The molecule has 0 aliphatic heterocycles. The van der Waals surface area contributed by atoms with Crippen LogP contribution in [0.15, 0.2) is 41.3 Å². The average molecular weight is 444 g/mol. The third-order valence-electron chi connectivity index (χ3n) is 5.06. The number of sulfonamides is 1. The second-order valence-corrected chi connectivity index (χ2v) is 9.10. The quantitative estimate of drug-likeness (QED) is 0.380. The van der Waals surface area contributed by atoms with E-state index in [1.165, 1.54) is 5.69 Å². The molecule has 0 radical (unpaired) electrons. The van der Waals surface area contributed by atoms with E-state index in [0.717, 1.165) is 36.7 Å². The van der Waals surface area contributed by atoms with Crippen molar-refractivity contribution in [2.75, 3.05) is 37.7 Å². The summed E-state index contributed by atoms with van der Waals surface area (Å²) < 4.78 is 32.8. The van der Waals surface area contributed by atoms with Gasteiger partial charge in [-0.25, -0.2) is 13.1 Å². The molecule has 2 rings (SSSR count). The number of fused-ring (bicyclic) bond motifs is 1. The van der Waals surface area contributed by atoms with E-state index in [-0.39, 0.29) is 18.1 Å². The van der Waals surface area contributed by atoms with Crippen LogP contribution in [0.25, 0.3) is 16.3 Å². The van der Waals surface area contributed by atoms with Gasteiger partial charge in [0.2, 0.25) is 0 Å². The maximum Gasteiger partial charge on any atom is 0.251 e. The van der Waals surface area contributed by atoms with Gasteiger partial charge >= 0.3 is 0 Å². The van der Waals surface area contributed by atoms with Crippen molar-refractivity contribution < 1.29 is 13.2 Å². The lowest BCUT2D eigenvalue weighted by Crippen LogP contribution is -2.28. The minimum Gasteiger partial charge on any atom is -0.380 e. The van der Waals surface area contributed by atoms with Crippen molar-refractivity contribution >= 4 is 32.1 Å². The molecule has 0 aliphatic carbocycles. The zero-order valence-electron chi connectivity index (χ0n) is 18.9. The van der Waals surface area contributed by atoms with Gasteiger partial charge in [0.15, 0.2) is 4.91 Å². The van der Waals surface area contributed by atoms with Gasteiger partial charge < -0.3 is 9.64 Å². The molecule has 6 nitrogen and oxygen atoms in total. The lowest BCUT2D eigenvalue weighted by Gasteiger charge is -2.24. The number of nitrogens with one attached hydrogen (secondary N) is 1. The fraction of sp³-hybridized carbons (Fsp3) is 0.458. The number of benzene rings is 2. The van der Waals surface area contributed by atoms with Crippen LogP contribution in [-0.2, 0) is 14.8 Å². The summed E-state index contributed by atoms with van der Waals surface area (Å²) in [7, 11) is -3.90. The number of nitriles is 1. The first-order valence-corrected chi connectivity index (χ1v) is 12.3. The first-order valence-electron chi connectivity index (χ1n) is 10.8. The van der Waals surface area contributed by atoms with Crippen LogP contribution in [0.2, 0.25) is 0 Å². The van der Waals surface area contributed by atoms with E-state index in [1.54, 1.807) is 6.92 Å². The monoisotopic (exact) mass is 443 g/mol. The summed E-state index contributed by atoms with van der Waals surface area (Å²) in [6, 6.07) is 14.0. The molecular weight excluding hydrogens is 410 g/mol. The van der Waals surface area contributed by atoms with Crippen molar-refractivity contribution in [1.82, 2.24) is 4.72 Å². The maximum atomic E-state index is 12.6.